The average Bonchev–Trinajstić information content (AvgIpc) is 2.68. The van der Waals surface area contributed by atoms with Crippen LogP contribution in [0.4, 0.5) is 0 Å². The summed E-state index contributed by atoms with van der Waals surface area (Å²) in [5, 5.41) is 0. The van der Waals surface area contributed by atoms with Crippen molar-refractivity contribution >= 4 is 19.7 Å². The van der Waals surface area contributed by atoms with Crippen molar-refractivity contribution in [1.82, 2.24) is 0 Å². The molecule has 0 radical (unpaired) electrons. The van der Waals surface area contributed by atoms with Crippen LogP contribution in [0.1, 0.15) is 5.56 Å². The predicted octanol–water partition coefficient (Wildman–Crippen LogP) is 3.67. The Morgan fingerprint density at radius 2 is 1.30 bits per heavy atom. The Hall–Kier alpha value is -2.64. The molecule has 0 aromatic heterocycles. The lowest BCUT2D eigenvalue weighted by Gasteiger charge is -2.14. The Kier molecular flexibility index (Phi) is 5.08. The van der Waals surface area contributed by atoms with Crippen LogP contribution in [0.3, 0.4) is 0 Å². The normalized spacial score (nSPS) is 11.9. The highest BCUT2D eigenvalue weighted by Gasteiger charge is 2.31. The van der Waals surface area contributed by atoms with Crippen LogP contribution in [0.2, 0.25) is 0 Å². The molecule has 0 spiro atoms. The number of methoxy groups -OCH3 is 1. The van der Waals surface area contributed by atoms with Gasteiger partial charge >= 0.3 is 0 Å². The number of hydrogen-bond donors (Lipinski definition) is 0. The van der Waals surface area contributed by atoms with Crippen molar-refractivity contribution in [3.63, 3.8) is 0 Å². The van der Waals surface area contributed by atoms with Gasteiger partial charge in [0.1, 0.15) is 10.6 Å². The lowest BCUT2D eigenvalue weighted by molar-refractivity contribution is 0.402. The van der Waals surface area contributed by atoms with Gasteiger partial charge in [0.25, 0.3) is 0 Å². The number of para-hydroxylation sites is 1. The van der Waals surface area contributed by atoms with Crippen LogP contribution >= 0.6 is 0 Å². The van der Waals surface area contributed by atoms with Gasteiger partial charge in [0, 0.05) is 0 Å². The molecule has 0 aliphatic heterocycles. The van der Waals surface area contributed by atoms with Crippen molar-refractivity contribution in [2.24, 2.45) is 0 Å². The number of sulfone groups is 2. The van der Waals surface area contributed by atoms with Crippen LogP contribution in [0.25, 0.3) is 0 Å². The standard InChI is InChI=1S/C20H18O5S2/c1-15-12-13-19(26(21,22)16-8-4-3-5-9-16)20(14-15)27(23,24)18-11-7-6-10-17(18)25-2/h3-14H,1-2H3. The van der Waals surface area contributed by atoms with Crippen molar-refractivity contribution in [3.8, 4) is 5.75 Å². The molecule has 0 amide bonds. The summed E-state index contributed by atoms with van der Waals surface area (Å²) in [5.41, 5.74) is 0.635. The smallest absolute Gasteiger partial charge is 0.211 e. The third-order valence-corrected chi connectivity index (χ3v) is 7.88. The van der Waals surface area contributed by atoms with E-state index < -0.39 is 19.7 Å². The molecule has 0 unspecified atom stereocenters. The Labute approximate surface area is 159 Å². The van der Waals surface area contributed by atoms with Crippen molar-refractivity contribution in [3.05, 3.63) is 78.4 Å². The van der Waals surface area contributed by atoms with E-state index in [4.69, 9.17) is 4.74 Å². The van der Waals surface area contributed by atoms with Gasteiger partial charge in [-0.3, -0.25) is 0 Å². The van der Waals surface area contributed by atoms with E-state index >= 15 is 0 Å². The van der Waals surface area contributed by atoms with Gasteiger partial charge in [-0.25, -0.2) is 16.8 Å². The summed E-state index contributed by atoms with van der Waals surface area (Å²) in [5.74, 6) is 0.155. The van der Waals surface area contributed by atoms with E-state index in [0.717, 1.165) is 0 Å². The Morgan fingerprint density at radius 3 is 1.96 bits per heavy atom. The molecule has 0 saturated carbocycles. The first-order chi connectivity index (χ1) is 12.8. The second kappa shape index (κ2) is 7.17. The number of aryl methyl sites for hydroxylation is 1. The maximum Gasteiger partial charge on any atom is 0.211 e. The first kappa shape index (κ1) is 19.1. The highest BCUT2D eigenvalue weighted by molar-refractivity contribution is 7.94. The lowest BCUT2D eigenvalue weighted by Crippen LogP contribution is -2.12. The fourth-order valence-corrected chi connectivity index (χ4v) is 6.32. The summed E-state index contributed by atoms with van der Waals surface area (Å²) in [6.45, 7) is 1.71. The third kappa shape index (κ3) is 3.48. The first-order valence-electron chi connectivity index (χ1n) is 8.07. The van der Waals surface area contributed by atoms with Crippen molar-refractivity contribution in [1.29, 1.82) is 0 Å². The molecule has 7 heteroatoms. The van der Waals surface area contributed by atoms with Gasteiger partial charge in [0.15, 0.2) is 0 Å². The average molecular weight is 402 g/mol. The quantitative estimate of drug-likeness (QED) is 0.651. The van der Waals surface area contributed by atoms with E-state index in [1.54, 1.807) is 43.3 Å². The first-order valence-corrected chi connectivity index (χ1v) is 11.0. The summed E-state index contributed by atoms with van der Waals surface area (Å²) in [6, 6.07) is 18.2. The molecule has 0 N–H and O–H groups in total. The minimum atomic E-state index is -4.13. The second-order valence-corrected chi connectivity index (χ2v) is 9.73. The minimum Gasteiger partial charge on any atom is -0.495 e. The van der Waals surface area contributed by atoms with E-state index in [0.29, 0.717) is 5.56 Å². The van der Waals surface area contributed by atoms with E-state index in [1.165, 1.54) is 43.5 Å². The third-order valence-electron chi connectivity index (χ3n) is 4.09. The second-order valence-electron chi connectivity index (χ2n) is 5.92. The summed E-state index contributed by atoms with van der Waals surface area (Å²) in [7, 11) is -6.78. The highest BCUT2D eigenvalue weighted by atomic mass is 32.2. The van der Waals surface area contributed by atoms with Crippen LogP contribution in [-0.2, 0) is 19.7 Å². The van der Waals surface area contributed by atoms with Gasteiger partial charge in [-0.05, 0) is 48.9 Å². The molecular weight excluding hydrogens is 384 g/mol. The van der Waals surface area contributed by atoms with Crippen LogP contribution in [0.15, 0.2) is 92.4 Å². The van der Waals surface area contributed by atoms with Crippen LogP contribution < -0.4 is 4.74 Å². The van der Waals surface area contributed by atoms with E-state index in [-0.39, 0.29) is 25.3 Å². The van der Waals surface area contributed by atoms with Gasteiger partial charge in [0.2, 0.25) is 19.7 Å². The van der Waals surface area contributed by atoms with Gasteiger partial charge in [-0.1, -0.05) is 36.4 Å². The fourth-order valence-electron chi connectivity index (χ4n) is 2.73. The lowest BCUT2D eigenvalue weighted by atomic mass is 10.2. The summed E-state index contributed by atoms with van der Waals surface area (Å²) in [6.07, 6.45) is 0. The molecule has 5 nitrogen and oxygen atoms in total. The maximum atomic E-state index is 13.3. The van der Waals surface area contributed by atoms with E-state index in [2.05, 4.69) is 0 Å². The summed E-state index contributed by atoms with van der Waals surface area (Å²) >= 11 is 0. The Balaban J connectivity index is 2.31. The zero-order valence-corrected chi connectivity index (χ0v) is 16.4. The topological polar surface area (TPSA) is 77.5 Å². The molecular formula is C20H18O5S2. The van der Waals surface area contributed by atoms with Crippen molar-refractivity contribution in [2.45, 2.75) is 26.5 Å². The predicted molar refractivity (Wildman–Crippen MR) is 102 cm³/mol. The number of hydrogen-bond acceptors (Lipinski definition) is 5. The fraction of sp³-hybridized carbons (Fsp3) is 0.100. The molecule has 0 heterocycles. The zero-order chi connectivity index (χ0) is 19.7. The molecule has 140 valence electrons. The summed E-state index contributed by atoms with van der Waals surface area (Å²) in [4.78, 5) is -0.575. The van der Waals surface area contributed by atoms with Gasteiger partial charge < -0.3 is 4.74 Å². The van der Waals surface area contributed by atoms with Crippen LogP contribution in [0.5, 0.6) is 5.75 Å². The monoisotopic (exact) mass is 402 g/mol. The number of benzene rings is 3. The van der Waals surface area contributed by atoms with E-state index in [1.807, 2.05) is 0 Å². The molecule has 3 aromatic carbocycles. The molecule has 0 saturated heterocycles. The zero-order valence-electron chi connectivity index (χ0n) is 14.8. The van der Waals surface area contributed by atoms with Crippen molar-refractivity contribution in [2.75, 3.05) is 7.11 Å². The molecule has 0 fully saturated rings. The molecule has 0 aliphatic carbocycles. The number of ether oxygens (including phenoxy) is 1. The van der Waals surface area contributed by atoms with Gasteiger partial charge in [0.05, 0.1) is 21.8 Å². The Morgan fingerprint density at radius 1 is 0.667 bits per heavy atom. The van der Waals surface area contributed by atoms with Crippen molar-refractivity contribution < 1.29 is 21.6 Å². The molecule has 0 aliphatic rings. The summed E-state index contributed by atoms with van der Waals surface area (Å²) < 4.78 is 58.0. The maximum absolute atomic E-state index is 13.3. The number of rotatable bonds is 5. The molecule has 3 rings (SSSR count). The van der Waals surface area contributed by atoms with Crippen LogP contribution in [-0.4, -0.2) is 23.9 Å². The minimum absolute atomic E-state index is 0.0327. The van der Waals surface area contributed by atoms with E-state index in [9.17, 15) is 16.8 Å². The molecule has 0 bridgehead atoms. The molecule has 3 aromatic rings. The van der Waals surface area contributed by atoms with Crippen LogP contribution in [0, 0.1) is 6.92 Å². The Bertz CT molecular complexity index is 1180. The van der Waals surface area contributed by atoms with Gasteiger partial charge in [-0.2, -0.15) is 0 Å². The SMILES string of the molecule is COc1ccccc1S(=O)(=O)c1cc(C)ccc1S(=O)(=O)c1ccccc1. The molecule has 27 heavy (non-hydrogen) atoms. The highest BCUT2D eigenvalue weighted by Crippen LogP contribution is 2.35. The molecule has 0 atom stereocenters. The largest absolute Gasteiger partial charge is 0.495 e. The van der Waals surface area contributed by atoms with Gasteiger partial charge in [-0.15, -0.1) is 0 Å².